The van der Waals surface area contributed by atoms with Crippen molar-refractivity contribution >= 4 is 53.9 Å². The van der Waals surface area contributed by atoms with Gasteiger partial charge in [-0.1, -0.05) is 159 Å². The summed E-state index contributed by atoms with van der Waals surface area (Å²) in [5.41, 5.74) is 11.9. The molecular weight excluding hydrogens is 577 g/mol. The zero-order valence-electron chi connectivity index (χ0n) is 27.4. The van der Waals surface area contributed by atoms with E-state index in [0.29, 0.717) is 0 Å². The predicted molar refractivity (Wildman–Crippen MR) is 207 cm³/mol. The number of benzene rings is 9. The highest BCUT2D eigenvalue weighted by Crippen LogP contribution is 2.52. The van der Waals surface area contributed by atoms with Gasteiger partial charge in [-0.25, -0.2) is 0 Å². The molecule has 0 aromatic heterocycles. The molecule has 0 radical (unpaired) electrons. The van der Waals surface area contributed by atoms with Crippen molar-refractivity contribution in [3.63, 3.8) is 0 Å². The van der Waals surface area contributed by atoms with E-state index < -0.39 is 0 Å². The SMILES string of the molecule is Cc1ccc2c(-c3cc4c5ccccc5ccc4c4ccccc34)c3ccccc3c(-c3ccc4c(c3)C(C)(C)c3ccccc3-4)c2c1. The summed E-state index contributed by atoms with van der Waals surface area (Å²) in [7, 11) is 0. The molecule has 0 heteroatoms. The Morgan fingerprint density at radius 3 is 1.79 bits per heavy atom. The van der Waals surface area contributed by atoms with E-state index in [0.717, 1.165) is 0 Å². The van der Waals surface area contributed by atoms with E-state index >= 15 is 0 Å². The van der Waals surface area contributed by atoms with Crippen molar-refractivity contribution in [3.05, 3.63) is 168 Å². The van der Waals surface area contributed by atoms with E-state index in [1.165, 1.54) is 104 Å². The average Bonchev–Trinajstić information content (AvgIpc) is 3.35. The van der Waals surface area contributed by atoms with Crippen LogP contribution >= 0.6 is 0 Å². The molecule has 0 fully saturated rings. The largest absolute Gasteiger partial charge is 0.0619 e. The van der Waals surface area contributed by atoms with Crippen molar-refractivity contribution in [2.24, 2.45) is 0 Å². The van der Waals surface area contributed by atoms with E-state index in [-0.39, 0.29) is 5.41 Å². The van der Waals surface area contributed by atoms with Crippen LogP contribution in [0.1, 0.15) is 30.5 Å². The molecule has 0 atom stereocenters. The Labute approximate surface area is 280 Å². The van der Waals surface area contributed by atoms with Gasteiger partial charge in [0, 0.05) is 5.41 Å². The van der Waals surface area contributed by atoms with Gasteiger partial charge in [0.2, 0.25) is 0 Å². The van der Waals surface area contributed by atoms with E-state index in [9.17, 15) is 0 Å². The molecule has 48 heavy (non-hydrogen) atoms. The molecule has 0 saturated heterocycles. The number of rotatable bonds is 2. The third-order valence-corrected chi connectivity index (χ3v) is 11.1. The molecule has 0 heterocycles. The van der Waals surface area contributed by atoms with Crippen LogP contribution in [0.3, 0.4) is 0 Å². The Hall–Kier alpha value is -5.72. The van der Waals surface area contributed by atoms with Gasteiger partial charge >= 0.3 is 0 Å². The van der Waals surface area contributed by atoms with Crippen LogP contribution in [0.4, 0.5) is 0 Å². The number of aryl methyl sites for hydroxylation is 1. The number of fused-ring (bicyclic) bond motifs is 10. The molecule has 0 spiro atoms. The van der Waals surface area contributed by atoms with Crippen molar-refractivity contribution in [3.8, 4) is 33.4 Å². The molecule has 0 saturated carbocycles. The van der Waals surface area contributed by atoms with Gasteiger partial charge < -0.3 is 0 Å². The van der Waals surface area contributed by atoms with Crippen molar-refractivity contribution < 1.29 is 0 Å². The highest BCUT2D eigenvalue weighted by molar-refractivity contribution is 6.27. The molecular formula is C48H34. The van der Waals surface area contributed by atoms with Gasteiger partial charge in [-0.3, -0.25) is 0 Å². The first-order valence-electron chi connectivity index (χ1n) is 17.0. The summed E-state index contributed by atoms with van der Waals surface area (Å²) >= 11 is 0. The van der Waals surface area contributed by atoms with Gasteiger partial charge in [-0.2, -0.15) is 0 Å². The molecule has 0 N–H and O–H groups in total. The molecule has 1 aliphatic carbocycles. The quantitative estimate of drug-likeness (QED) is 0.135. The Kier molecular flexibility index (Phi) is 5.65. The standard InChI is InChI=1S/C48H34/c1-29-20-23-40-42(26-29)46(31-22-25-37-36-16-10-11-19-44(36)48(2,3)45(37)27-31)38-17-8-9-18-39(38)47(40)43-28-41-32-13-5-4-12-30(32)21-24-35(41)33-14-6-7-15-34(33)43/h4-28H,1-3H3. The lowest BCUT2D eigenvalue weighted by atomic mass is 9.80. The fourth-order valence-electron chi connectivity index (χ4n) is 8.82. The van der Waals surface area contributed by atoms with Gasteiger partial charge in [-0.15, -0.1) is 0 Å². The van der Waals surface area contributed by atoms with Gasteiger partial charge in [0.05, 0.1) is 0 Å². The van der Waals surface area contributed by atoms with Crippen LogP contribution in [0.25, 0.3) is 87.2 Å². The molecule has 0 nitrogen and oxygen atoms in total. The fraction of sp³-hybridized carbons (Fsp3) is 0.0833. The maximum atomic E-state index is 2.48. The summed E-state index contributed by atoms with van der Waals surface area (Å²) in [5, 5.41) is 12.9. The van der Waals surface area contributed by atoms with Crippen molar-refractivity contribution in [2.75, 3.05) is 0 Å². The van der Waals surface area contributed by atoms with Crippen LogP contribution < -0.4 is 0 Å². The lowest BCUT2D eigenvalue weighted by molar-refractivity contribution is 0.660. The van der Waals surface area contributed by atoms with Crippen LogP contribution in [0, 0.1) is 6.92 Å². The summed E-state index contributed by atoms with van der Waals surface area (Å²) < 4.78 is 0. The number of hydrogen-bond donors (Lipinski definition) is 0. The lowest BCUT2D eigenvalue weighted by Crippen LogP contribution is -2.14. The average molecular weight is 611 g/mol. The molecule has 10 rings (SSSR count). The van der Waals surface area contributed by atoms with Crippen molar-refractivity contribution in [1.82, 2.24) is 0 Å². The van der Waals surface area contributed by atoms with E-state index in [2.05, 4.69) is 172 Å². The lowest BCUT2D eigenvalue weighted by Gasteiger charge is -2.23. The molecule has 9 aromatic carbocycles. The Bertz CT molecular complexity index is 2810. The second kappa shape index (κ2) is 9.89. The Morgan fingerprint density at radius 2 is 0.958 bits per heavy atom. The fourth-order valence-corrected chi connectivity index (χ4v) is 8.82. The number of hydrogen-bond acceptors (Lipinski definition) is 0. The molecule has 226 valence electrons. The second-order valence-corrected chi connectivity index (χ2v) is 14.1. The van der Waals surface area contributed by atoms with Crippen LogP contribution in [-0.2, 0) is 5.41 Å². The normalized spacial score (nSPS) is 13.5. The van der Waals surface area contributed by atoms with Crippen LogP contribution in [0.5, 0.6) is 0 Å². The summed E-state index contributed by atoms with van der Waals surface area (Å²) in [6.45, 7) is 6.97. The first-order chi connectivity index (χ1) is 23.5. The van der Waals surface area contributed by atoms with Crippen LogP contribution in [0.2, 0.25) is 0 Å². The van der Waals surface area contributed by atoms with Gasteiger partial charge in [-0.05, 0) is 117 Å². The van der Waals surface area contributed by atoms with Crippen molar-refractivity contribution in [2.45, 2.75) is 26.2 Å². The first kappa shape index (κ1) is 27.4. The minimum atomic E-state index is -0.0593. The smallest absolute Gasteiger partial charge is 0.0159 e. The molecule has 9 aromatic rings. The van der Waals surface area contributed by atoms with Crippen LogP contribution in [0.15, 0.2) is 152 Å². The second-order valence-electron chi connectivity index (χ2n) is 14.1. The first-order valence-corrected chi connectivity index (χ1v) is 17.0. The predicted octanol–water partition coefficient (Wildman–Crippen LogP) is 13.4. The van der Waals surface area contributed by atoms with E-state index in [1.807, 2.05) is 0 Å². The zero-order chi connectivity index (χ0) is 32.1. The molecule has 0 amide bonds. The van der Waals surface area contributed by atoms with Crippen LogP contribution in [-0.4, -0.2) is 0 Å². The molecule has 0 unspecified atom stereocenters. The van der Waals surface area contributed by atoms with Crippen molar-refractivity contribution in [1.29, 1.82) is 0 Å². The Balaban J connectivity index is 1.34. The highest BCUT2D eigenvalue weighted by Gasteiger charge is 2.35. The summed E-state index contributed by atoms with van der Waals surface area (Å²) in [6.07, 6.45) is 0. The van der Waals surface area contributed by atoms with Gasteiger partial charge in [0.1, 0.15) is 0 Å². The maximum Gasteiger partial charge on any atom is 0.0159 e. The summed E-state index contributed by atoms with van der Waals surface area (Å²) in [6, 6.07) is 57.1. The van der Waals surface area contributed by atoms with Gasteiger partial charge in [0.15, 0.2) is 0 Å². The Morgan fingerprint density at radius 1 is 0.354 bits per heavy atom. The monoisotopic (exact) mass is 610 g/mol. The molecule has 0 bridgehead atoms. The van der Waals surface area contributed by atoms with E-state index in [1.54, 1.807) is 0 Å². The minimum Gasteiger partial charge on any atom is -0.0619 e. The molecule has 0 aliphatic heterocycles. The van der Waals surface area contributed by atoms with Gasteiger partial charge in [0.25, 0.3) is 0 Å². The molecule has 1 aliphatic rings. The third-order valence-electron chi connectivity index (χ3n) is 11.1. The topological polar surface area (TPSA) is 0 Å². The third kappa shape index (κ3) is 3.72. The van der Waals surface area contributed by atoms with E-state index in [4.69, 9.17) is 0 Å². The zero-order valence-corrected chi connectivity index (χ0v) is 27.4. The summed E-state index contributed by atoms with van der Waals surface area (Å²) in [5.74, 6) is 0. The highest BCUT2D eigenvalue weighted by atomic mass is 14.4. The summed E-state index contributed by atoms with van der Waals surface area (Å²) in [4.78, 5) is 0. The maximum absolute atomic E-state index is 2.48. The minimum absolute atomic E-state index is 0.0593.